The van der Waals surface area contributed by atoms with Crippen LogP contribution >= 0.6 is 0 Å². The van der Waals surface area contributed by atoms with Gasteiger partial charge < -0.3 is 14.7 Å². The molecule has 0 saturated carbocycles. The van der Waals surface area contributed by atoms with Gasteiger partial charge in [0.15, 0.2) is 0 Å². The standard InChI is InChI=1S/C26H27FN2O4S/c1-28-24-12-7-17(20-5-3-4-6-23(20)27)15-22(24)26-21(25(28)16-30)13-14-29(26)34(31,32)19-10-8-18(33-2)9-11-19/h3-12,15,21,25-26,30H,13-14,16H2,1-2H3/t21-,25-,26-/m1/s1. The van der Waals surface area contributed by atoms with E-state index in [9.17, 15) is 17.9 Å². The van der Waals surface area contributed by atoms with Crippen molar-refractivity contribution in [2.45, 2.75) is 23.4 Å². The van der Waals surface area contributed by atoms with Crippen LogP contribution in [0.2, 0.25) is 0 Å². The van der Waals surface area contributed by atoms with E-state index in [4.69, 9.17) is 4.74 Å². The number of fused-ring (bicyclic) bond motifs is 3. The van der Waals surface area contributed by atoms with E-state index in [-0.39, 0.29) is 29.3 Å². The molecule has 3 aromatic carbocycles. The molecule has 178 valence electrons. The van der Waals surface area contributed by atoms with Gasteiger partial charge in [0.1, 0.15) is 11.6 Å². The summed E-state index contributed by atoms with van der Waals surface area (Å²) in [6.45, 7) is 0.264. The van der Waals surface area contributed by atoms with Crippen molar-refractivity contribution in [3.05, 3.63) is 78.1 Å². The molecule has 1 fully saturated rings. The fourth-order valence-electron chi connectivity index (χ4n) is 5.43. The topological polar surface area (TPSA) is 70.1 Å². The lowest BCUT2D eigenvalue weighted by atomic mass is 9.81. The zero-order valence-electron chi connectivity index (χ0n) is 19.1. The second-order valence-electron chi connectivity index (χ2n) is 8.80. The molecule has 1 N–H and O–H groups in total. The van der Waals surface area contributed by atoms with Gasteiger partial charge in [-0.1, -0.05) is 24.3 Å². The number of aliphatic hydroxyl groups is 1. The average molecular weight is 483 g/mol. The summed E-state index contributed by atoms with van der Waals surface area (Å²) in [4.78, 5) is 2.21. The minimum Gasteiger partial charge on any atom is -0.497 e. The smallest absolute Gasteiger partial charge is 0.243 e. The van der Waals surface area contributed by atoms with Gasteiger partial charge in [-0.3, -0.25) is 0 Å². The maximum Gasteiger partial charge on any atom is 0.243 e. The molecule has 2 aliphatic heterocycles. The largest absolute Gasteiger partial charge is 0.497 e. The number of anilines is 1. The fourth-order valence-corrected chi connectivity index (χ4v) is 7.09. The predicted octanol–water partition coefficient (Wildman–Crippen LogP) is 4.06. The van der Waals surface area contributed by atoms with E-state index in [2.05, 4.69) is 0 Å². The monoisotopic (exact) mass is 482 g/mol. The molecular formula is C26H27FN2O4S. The van der Waals surface area contributed by atoms with Gasteiger partial charge in [0.25, 0.3) is 0 Å². The molecule has 3 atom stereocenters. The Morgan fingerprint density at radius 2 is 1.82 bits per heavy atom. The lowest BCUT2D eigenvalue weighted by Crippen LogP contribution is -2.48. The summed E-state index contributed by atoms with van der Waals surface area (Å²) < 4.78 is 48.7. The molecule has 5 rings (SSSR count). The maximum atomic E-state index is 14.6. The van der Waals surface area contributed by atoms with Gasteiger partial charge in [-0.25, -0.2) is 12.8 Å². The Kier molecular flexibility index (Phi) is 5.83. The molecule has 0 bridgehead atoms. The first-order chi connectivity index (χ1) is 16.4. The van der Waals surface area contributed by atoms with Crippen molar-refractivity contribution in [2.24, 2.45) is 5.92 Å². The Morgan fingerprint density at radius 3 is 2.50 bits per heavy atom. The maximum absolute atomic E-state index is 14.6. The van der Waals surface area contributed by atoms with Gasteiger partial charge in [-0.2, -0.15) is 4.31 Å². The number of hydrogen-bond donors (Lipinski definition) is 1. The molecule has 0 aromatic heterocycles. The lowest BCUT2D eigenvalue weighted by molar-refractivity contribution is 0.193. The van der Waals surface area contributed by atoms with Gasteiger partial charge in [0.05, 0.1) is 30.7 Å². The van der Waals surface area contributed by atoms with Crippen LogP contribution in [0, 0.1) is 11.7 Å². The highest BCUT2D eigenvalue weighted by Crippen LogP contribution is 2.51. The number of sulfonamides is 1. The van der Waals surface area contributed by atoms with Crippen LogP contribution in [0.15, 0.2) is 71.6 Å². The molecule has 2 aliphatic rings. The molecule has 3 aromatic rings. The van der Waals surface area contributed by atoms with E-state index in [1.807, 2.05) is 30.1 Å². The van der Waals surface area contributed by atoms with Gasteiger partial charge in [-0.05, 0) is 60.0 Å². The zero-order valence-corrected chi connectivity index (χ0v) is 19.9. The minimum absolute atomic E-state index is 0.0808. The number of rotatable bonds is 5. The molecule has 2 heterocycles. The summed E-state index contributed by atoms with van der Waals surface area (Å²) in [7, 11) is -0.358. The van der Waals surface area contributed by atoms with Crippen molar-refractivity contribution < 1.29 is 22.7 Å². The first kappa shape index (κ1) is 22.8. The van der Waals surface area contributed by atoms with E-state index in [1.165, 1.54) is 13.2 Å². The summed E-state index contributed by atoms with van der Waals surface area (Å²) in [5.74, 6) is 0.162. The van der Waals surface area contributed by atoms with Crippen molar-refractivity contribution in [1.82, 2.24) is 4.31 Å². The van der Waals surface area contributed by atoms with Crippen LogP contribution in [0.4, 0.5) is 10.1 Å². The molecular weight excluding hydrogens is 455 g/mol. The lowest BCUT2D eigenvalue weighted by Gasteiger charge is -2.44. The summed E-state index contributed by atoms with van der Waals surface area (Å²) in [5, 5.41) is 10.2. The number of methoxy groups -OCH3 is 1. The number of benzene rings is 3. The van der Waals surface area contributed by atoms with Crippen molar-refractivity contribution in [3.8, 4) is 16.9 Å². The van der Waals surface area contributed by atoms with Crippen LogP contribution in [-0.4, -0.2) is 51.2 Å². The Hall–Kier alpha value is -2.94. The number of ether oxygens (including phenoxy) is 1. The average Bonchev–Trinajstić information content (AvgIpc) is 3.30. The van der Waals surface area contributed by atoms with Gasteiger partial charge >= 0.3 is 0 Å². The Labute approximate surface area is 199 Å². The first-order valence-electron chi connectivity index (χ1n) is 11.2. The minimum atomic E-state index is -3.81. The van der Waals surface area contributed by atoms with Crippen LogP contribution in [0.1, 0.15) is 18.0 Å². The molecule has 0 spiro atoms. The van der Waals surface area contributed by atoms with Crippen LogP contribution in [-0.2, 0) is 10.0 Å². The molecule has 0 amide bonds. The van der Waals surface area contributed by atoms with Crippen LogP contribution < -0.4 is 9.64 Å². The number of likely N-dealkylation sites (N-methyl/N-ethyl adjacent to an activating group) is 1. The molecule has 0 radical (unpaired) electrons. The quantitative estimate of drug-likeness (QED) is 0.594. The highest BCUT2D eigenvalue weighted by Gasteiger charge is 2.50. The third kappa shape index (κ3) is 3.57. The molecule has 8 heteroatoms. The normalized spacial score (nSPS) is 22.4. The number of hydrogen-bond acceptors (Lipinski definition) is 5. The second-order valence-corrected chi connectivity index (χ2v) is 10.7. The van der Waals surface area contributed by atoms with Crippen molar-refractivity contribution in [1.29, 1.82) is 0 Å². The van der Waals surface area contributed by atoms with Crippen LogP contribution in [0.25, 0.3) is 11.1 Å². The van der Waals surface area contributed by atoms with Gasteiger partial charge in [0.2, 0.25) is 10.0 Å². The number of aliphatic hydroxyl groups excluding tert-OH is 1. The molecule has 6 nitrogen and oxygen atoms in total. The van der Waals surface area contributed by atoms with Gasteiger partial charge in [-0.15, -0.1) is 0 Å². The second kappa shape index (κ2) is 8.69. The van der Waals surface area contributed by atoms with Crippen molar-refractivity contribution in [2.75, 3.05) is 32.2 Å². The molecule has 0 unspecified atom stereocenters. The first-order valence-corrected chi connectivity index (χ1v) is 12.7. The Morgan fingerprint density at radius 1 is 1.09 bits per heavy atom. The van der Waals surface area contributed by atoms with E-state index in [0.29, 0.717) is 29.8 Å². The summed E-state index contributed by atoms with van der Waals surface area (Å²) in [6.07, 6.45) is 0.624. The van der Waals surface area contributed by atoms with E-state index < -0.39 is 16.1 Å². The zero-order chi connectivity index (χ0) is 24.0. The van der Waals surface area contributed by atoms with Crippen molar-refractivity contribution >= 4 is 15.7 Å². The summed E-state index contributed by atoms with van der Waals surface area (Å²) in [5.41, 5.74) is 2.83. The highest BCUT2D eigenvalue weighted by molar-refractivity contribution is 7.89. The molecule has 34 heavy (non-hydrogen) atoms. The van der Waals surface area contributed by atoms with E-state index in [1.54, 1.807) is 46.8 Å². The molecule has 1 saturated heterocycles. The SMILES string of the molecule is COc1ccc(S(=O)(=O)N2CC[C@@H]3[C@@H](CO)N(C)c4ccc(-c5ccccc5F)cc4[C@@H]32)cc1. The third-order valence-electron chi connectivity index (χ3n) is 7.15. The summed E-state index contributed by atoms with van der Waals surface area (Å²) in [6, 6.07) is 17.9. The van der Waals surface area contributed by atoms with Crippen LogP contribution in [0.5, 0.6) is 5.75 Å². The Balaban J connectivity index is 1.63. The number of halogens is 1. The highest BCUT2D eigenvalue weighted by atomic mass is 32.2. The van der Waals surface area contributed by atoms with E-state index in [0.717, 1.165) is 11.3 Å². The van der Waals surface area contributed by atoms with Crippen LogP contribution in [0.3, 0.4) is 0 Å². The third-order valence-corrected chi connectivity index (χ3v) is 9.05. The number of nitrogens with zero attached hydrogens (tertiary/aromatic N) is 2. The van der Waals surface area contributed by atoms with Crippen molar-refractivity contribution in [3.63, 3.8) is 0 Å². The van der Waals surface area contributed by atoms with E-state index >= 15 is 0 Å². The molecule has 0 aliphatic carbocycles. The fraction of sp³-hybridized carbons (Fsp3) is 0.308. The predicted molar refractivity (Wildman–Crippen MR) is 129 cm³/mol. The van der Waals surface area contributed by atoms with Gasteiger partial charge in [0, 0.05) is 30.8 Å². The summed E-state index contributed by atoms with van der Waals surface area (Å²) >= 11 is 0. The Bertz CT molecular complexity index is 1310.